The molecule has 14 heavy (non-hydrogen) atoms. The molecule has 0 aromatic carbocycles. The Balaban J connectivity index is 2.08. The molecule has 1 aromatic heterocycles. The van der Waals surface area contributed by atoms with Gasteiger partial charge in [0.25, 0.3) is 0 Å². The highest BCUT2D eigenvalue weighted by Gasteiger charge is 2.21. The molecule has 0 fully saturated rings. The molecule has 2 nitrogen and oxygen atoms in total. The molecule has 1 aliphatic carbocycles. The van der Waals surface area contributed by atoms with Crippen LogP contribution in [0.4, 0.5) is 0 Å². The van der Waals surface area contributed by atoms with Crippen LogP contribution in [0.15, 0.2) is 11.4 Å². The number of rotatable bonds is 3. The third-order valence-corrected chi connectivity index (χ3v) is 3.81. The number of aliphatic hydroxyl groups is 1. The fraction of sp³-hybridized carbons (Fsp3) is 0.636. The van der Waals surface area contributed by atoms with Crippen molar-refractivity contribution in [3.05, 3.63) is 21.9 Å². The van der Waals surface area contributed by atoms with E-state index in [1.807, 2.05) is 18.3 Å². The topological polar surface area (TPSA) is 32.3 Å². The van der Waals surface area contributed by atoms with E-state index >= 15 is 0 Å². The van der Waals surface area contributed by atoms with Crippen LogP contribution in [0.2, 0.25) is 0 Å². The molecule has 0 amide bonds. The average Bonchev–Trinajstić information content (AvgIpc) is 2.66. The van der Waals surface area contributed by atoms with Crippen LogP contribution >= 0.6 is 11.3 Å². The molecule has 2 atom stereocenters. The number of nitrogens with one attached hydrogen (secondary N) is 1. The number of hydrogen-bond acceptors (Lipinski definition) is 3. The molecule has 0 aliphatic heterocycles. The Bertz CT molecular complexity index is 297. The first-order valence-electron chi connectivity index (χ1n) is 5.24. The van der Waals surface area contributed by atoms with E-state index in [9.17, 15) is 0 Å². The quantitative estimate of drug-likeness (QED) is 0.802. The first kappa shape index (κ1) is 10.1. The van der Waals surface area contributed by atoms with Gasteiger partial charge in [0.15, 0.2) is 0 Å². The van der Waals surface area contributed by atoms with E-state index < -0.39 is 0 Å². The van der Waals surface area contributed by atoms with Crippen LogP contribution < -0.4 is 5.32 Å². The minimum Gasteiger partial charge on any atom is -0.395 e. The van der Waals surface area contributed by atoms with Crippen LogP contribution in [0.5, 0.6) is 0 Å². The lowest BCUT2D eigenvalue weighted by atomic mass is 9.93. The Labute approximate surface area is 89.0 Å². The molecule has 78 valence electrons. The van der Waals surface area contributed by atoms with Crippen molar-refractivity contribution in [1.82, 2.24) is 5.32 Å². The molecule has 1 unspecified atom stereocenters. The van der Waals surface area contributed by atoms with Gasteiger partial charge in [-0.25, -0.2) is 0 Å². The molecular weight excluding hydrogens is 194 g/mol. The summed E-state index contributed by atoms with van der Waals surface area (Å²) in [4.78, 5) is 1.53. The average molecular weight is 211 g/mol. The van der Waals surface area contributed by atoms with Crippen molar-refractivity contribution in [2.45, 2.75) is 38.3 Å². The second kappa shape index (κ2) is 4.43. The lowest BCUT2D eigenvalue weighted by Crippen LogP contribution is -2.34. The van der Waals surface area contributed by atoms with Gasteiger partial charge in [-0.1, -0.05) is 0 Å². The van der Waals surface area contributed by atoms with Crippen molar-refractivity contribution in [3.63, 3.8) is 0 Å². The summed E-state index contributed by atoms with van der Waals surface area (Å²) in [5, 5.41) is 14.6. The van der Waals surface area contributed by atoms with Crippen molar-refractivity contribution in [1.29, 1.82) is 0 Å². The maximum Gasteiger partial charge on any atom is 0.0582 e. The molecule has 1 aliphatic rings. The van der Waals surface area contributed by atoms with E-state index in [1.54, 1.807) is 0 Å². The van der Waals surface area contributed by atoms with Crippen molar-refractivity contribution in [2.75, 3.05) is 6.61 Å². The molecule has 0 bridgehead atoms. The smallest absolute Gasteiger partial charge is 0.0582 e. The van der Waals surface area contributed by atoms with Crippen LogP contribution in [0, 0.1) is 0 Å². The van der Waals surface area contributed by atoms with Gasteiger partial charge in [0.1, 0.15) is 0 Å². The van der Waals surface area contributed by atoms with Gasteiger partial charge in [-0.05, 0) is 43.2 Å². The minimum absolute atomic E-state index is 0.200. The predicted molar refractivity (Wildman–Crippen MR) is 59.7 cm³/mol. The standard InChI is InChI=1S/C11H17NOS/c1-8(7-13)12-10-3-2-4-11-9(10)5-6-14-11/h5-6,8,10,12-13H,2-4,7H2,1H3/t8-,10?/m1/s1. The summed E-state index contributed by atoms with van der Waals surface area (Å²) >= 11 is 1.86. The fourth-order valence-electron chi connectivity index (χ4n) is 2.06. The largest absolute Gasteiger partial charge is 0.395 e. The molecular formula is C11H17NOS. The summed E-state index contributed by atoms with van der Waals surface area (Å²) in [6, 6.07) is 2.89. The van der Waals surface area contributed by atoms with E-state index in [2.05, 4.69) is 16.8 Å². The van der Waals surface area contributed by atoms with E-state index in [4.69, 9.17) is 5.11 Å². The number of aliphatic hydroxyl groups excluding tert-OH is 1. The summed E-state index contributed by atoms with van der Waals surface area (Å²) in [6.07, 6.45) is 3.70. The van der Waals surface area contributed by atoms with Gasteiger partial charge >= 0.3 is 0 Å². The number of aryl methyl sites for hydroxylation is 1. The zero-order valence-corrected chi connectivity index (χ0v) is 9.31. The zero-order chi connectivity index (χ0) is 9.97. The van der Waals surface area contributed by atoms with Gasteiger partial charge in [-0.2, -0.15) is 0 Å². The van der Waals surface area contributed by atoms with Crippen LogP contribution in [0.3, 0.4) is 0 Å². The van der Waals surface area contributed by atoms with E-state index in [0.717, 1.165) is 0 Å². The third-order valence-electron chi connectivity index (χ3n) is 2.81. The maximum atomic E-state index is 9.00. The highest BCUT2D eigenvalue weighted by molar-refractivity contribution is 7.10. The monoisotopic (exact) mass is 211 g/mol. The Morgan fingerprint density at radius 1 is 1.71 bits per heavy atom. The molecule has 0 saturated carbocycles. The fourth-order valence-corrected chi connectivity index (χ4v) is 3.04. The van der Waals surface area contributed by atoms with Crippen LogP contribution in [0.1, 0.15) is 36.2 Å². The van der Waals surface area contributed by atoms with Gasteiger partial charge < -0.3 is 10.4 Å². The Morgan fingerprint density at radius 2 is 2.57 bits per heavy atom. The third kappa shape index (κ3) is 2.00. The van der Waals surface area contributed by atoms with Crippen LogP contribution in [0.25, 0.3) is 0 Å². The van der Waals surface area contributed by atoms with Crippen molar-refractivity contribution < 1.29 is 5.11 Å². The summed E-state index contributed by atoms with van der Waals surface area (Å²) in [5.41, 5.74) is 1.46. The first-order chi connectivity index (χ1) is 6.81. The summed E-state index contributed by atoms with van der Waals surface area (Å²) in [6.45, 7) is 2.25. The second-order valence-electron chi connectivity index (χ2n) is 3.99. The molecule has 2 N–H and O–H groups in total. The number of hydrogen-bond donors (Lipinski definition) is 2. The highest BCUT2D eigenvalue weighted by atomic mass is 32.1. The number of thiophene rings is 1. The molecule has 0 spiro atoms. The molecule has 2 rings (SSSR count). The molecule has 1 heterocycles. The van der Waals surface area contributed by atoms with Gasteiger partial charge in [-0.15, -0.1) is 11.3 Å². The van der Waals surface area contributed by atoms with Gasteiger partial charge in [0.2, 0.25) is 0 Å². The summed E-state index contributed by atoms with van der Waals surface area (Å²) < 4.78 is 0. The van der Waals surface area contributed by atoms with Gasteiger partial charge in [0.05, 0.1) is 6.61 Å². The van der Waals surface area contributed by atoms with E-state index in [0.29, 0.717) is 6.04 Å². The maximum absolute atomic E-state index is 9.00. The molecule has 3 heteroatoms. The van der Waals surface area contributed by atoms with Crippen LogP contribution in [-0.2, 0) is 6.42 Å². The zero-order valence-electron chi connectivity index (χ0n) is 8.49. The molecule has 0 radical (unpaired) electrons. The molecule has 0 saturated heterocycles. The molecule has 1 aromatic rings. The van der Waals surface area contributed by atoms with Crippen LogP contribution in [-0.4, -0.2) is 17.8 Å². The van der Waals surface area contributed by atoms with Crippen molar-refractivity contribution in [2.24, 2.45) is 0 Å². The van der Waals surface area contributed by atoms with Crippen molar-refractivity contribution >= 4 is 11.3 Å². The normalized spacial score (nSPS) is 23.1. The van der Waals surface area contributed by atoms with Crippen molar-refractivity contribution in [3.8, 4) is 0 Å². The van der Waals surface area contributed by atoms with E-state index in [1.165, 1.54) is 29.7 Å². The Morgan fingerprint density at radius 3 is 3.36 bits per heavy atom. The lowest BCUT2D eigenvalue weighted by molar-refractivity contribution is 0.236. The van der Waals surface area contributed by atoms with Gasteiger partial charge in [0, 0.05) is 17.0 Å². The lowest BCUT2D eigenvalue weighted by Gasteiger charge is -2.26. The summed E-state index contributed by atoms with van der Waals surface area (Å²) in [5.74, 6) is 0. The number of fused-ring (bicyclic) bond motifs is 1. The SMILES string of the molecule is C[C@H](CO)NC1CCCc2sccc21. The first-order valence-corrected chi connectivity index (χ1v) is 6.12. The Kier molecular flexibility index (Phi) is 3.21. The second-order valence-corrected chi connectivity index (χ2v) is 4.99. The Hall–Kier alpha value is -0.380. The van der Waals surface area contributed by atoms with Gasteiger partial charge in [-0.3, -0.25) is 0 Å². The summed E-state index contributed by atoms with van der Waals surface area (Å²) in [7, 11) is 0. The van der Waals surface area contributed by atoms with E-state index in [-0.39, 0.29) is 12.6 Å². The predicted octanol–water partition coefficient (Wildman–Crippen LogP) is 2.10. The minimum atomic E-state index is 0.200. The highest BCUT2D eigenvalue weighted by Crippen LogP contribution is 2.33.